The van der Waals surface area contributed by atoms with E-state index in [1.54, 1.807) is 0 Å². The fourth-order valence-electron chi connectivity index (χ4n) is 3.60. The fraction of sp³-hybridized carbons (Fsp3) is 0.750. The third-order valence-electron chi connectivity index (χ3n) is 5.32. The summed E-state index contributed by atoms with van der Waals surface area (Å²) in [5.74, 6) is 0. The van der Waals surface area contributed by atoms with E-state index in [-0.39, 0.29) is 0 Å². The predicted octanol–water partition coefficient (Wildman–Crippen LogP) is 7.28. The third-order valence-corrected chi connectivity index (χ3v) is 5.80. The van der Waals surface area contributed by atoms with Gasteiger partial charge in [-0.15, -0.1) is 0 Å². The average molecular weight is 358 g/mol. The molecule has 1 aromatic rings. The standard InChI is InChI=1S/C24H41Si/c1-2-3-4-5-6-7-8-9-10-11-12-13-14-15-16-17-20-23-21-18-19-22-24(23)25/h18-19,21-22H,2-17,20H2,1H3. The van der Waals surface area contributed by atoms with Crippen LogP contribution in [0.5, 0.6) is 0 Å². The highest BCUT2D eigenvalue weighted by Crippen LogP contribution is 2.14. The van der Waals surface area contributed by atoms with E-state index in [1.807, 2.05) is 0 Å². The summed E-state index contributed by atoms with van der Waals surface area (Å²) < 4.78 is 0. The van der Waals surface area contributed by atoms with E-state index in [1.165, 1.54) is 120 Å². The number of unbranched alkanes of at least 4 members (excludes halogenated alkanes) is 15. The van der Waals surface area contributed by atoms with Crippen molar-refractivity contribution in [1.82, 2.24) is 0 Å². The van der Waals surface area contributed by atoms with Gasteiger partial charge in [-0.25, -0.2) is 0 Å². The molecule has 0 aliphatic carbocycles. The summed E-state index contributed by atoms with van der Waals surface area (Å²) in [5, 5.41) is 1.27. The second kappa shape index (κ2) is 16.9. The molecular formula is C24H41Si. The summed E-state index contributed by atoms with van der Waals surface area (Å²) in [6.07, 6.45) is 24.3. The maximum Gasteiger partial charge on any atom is 0.0715 e. The van der Waals surface area contributed by atoms with Crippen LogP contribution < -0.4 is 5.19 Å². The largest absolute Gasteiger partial charge is 0.0715 e. The maximum absolute atomic E-state index is 3.70. The van der Waals surface area contributed by atoms with Crippen molar-refractivity contribution < 1.29 is 0 Å². The van der Waals surface area contributed by atoms with Gasteiger partial charge in [-0.3, -0.25) is 0 Å². The van der Waals surface area contributed by atoms with Crippen molar-refractivity contribution in [3.63, 3.8) is 0 Å². The normalized spacial score (nSPS) is 11.1. The van der Waals surface area contributed by atoms with Gasteiger partial charge in [0, 0.05) is 0 Å². The molecule has 0 spiro atoms. The van der Waals surface area contributed by atoms with E-state index >= 15 is 0 Å². The number of benzene rings is 1. The van der Waals surface area contributed by atoms with E-state index in [0.717, 1.165) is 0 Å². The maximum atomic E-state index is 3.70. The third kappa shape index (κ3) is 13.3. The Labute approximate surface area is 161 Å². The second-order valence-corrected chi connectivity index (χ2v) is 8.25. The second-order valence-electron chi connectivity index (χ2n) is 7.71. The SMILES string of the molecule is CCCCCCCCCCCCCCCCCCc1ccccc1[Si]. The van der Waals surface area contributed by atoms with Crippen molar-refractivity contribution in [3.8, 4) is 0 Å². The van der Waals surface area contributed by atoms with Gasteiger partial charge < -0.3 is 0 Å². The zero-order valence-corrected chi connectivity index (χ0v) is 17.8. The molecule has 0 nitrogen and oxygen atoms in total. The molecule has 0 bridgehead atoms. The first-order valence-electron chi connectivity index (χ1n) is 11.1. The van der Waals surface area contributed by atoms with Crippen LogP contribution in [-0.4, -0.2) is 10.2 Å². The minimum atomic E-state index is 1.22. The Bertz CT molecular complexity index is 399. The molecular weight excluding hydrogens is 316 g/mol. The highest BCUT2D eigenvalue weighted by atomic mass is 28.1. The van der Waals surface area contributed by atoms with Crippen molar-refractivity contribution in [3.05, 3.63) is 29.8 Å². The van der Waals surface area contributed by atoms with Crippen LogP contribution in [0.2, 0.25) is 0 Å². The Balaban J connectivity index is 1.75. The van der Waals surface area contributed by atoms with Gasteiger partial charge in [0.2, 0.25) is 0 Å². The molecule has 0 aliphatic heterocycles. The van der Waals surface area contributed by atoms with Gasteiger partial charge in [0.1, 0.15) is 0 Å². The van der Waals surface area contributed by atoms with Gasteiger partial charge in [0.25, 0.3) is 0 Å². The minimum absolute atomic E-state index is 1.22. The number of rotatable bonds is 17. The summed E-state index contributed by atoms with van der Waals surface area (Å²) in [4.78, 5) is 0. The lowest BCUT2D eigenvalue weighted by molar-refractivity contribution is 0.529. The van der Waals surface area contributed by atoms with Crippen LogP contribution in [0, 0.1) is 0 Å². The Morgan fingerprint density at radius 3 is 1.40 bits per heavy atom. The molecule has 0 saturated carbocycles. The molecule has 0 unspecified atom stereocenters. The zero-order valence-electron chi connectivity index (χ0n) is 16.8. The highest BCUT2D eigenvalue weighted by molar-refractivity contribution is 6.33. The van der Waals surface area contributed by atoms with Crippen LogP contribution in [0.3, 0.4) is 0 Å². The molecule has 0 amide bonds. The van der Waals surface area contributed by atoms with Gasteiger partial charge >= 0.3 is 0 Å². The first-order valence-corrected chi connectivity index (χ1v) is 11.6. The molecule has 1 rings (SSSR count). The van der Waals surface area contributed by atoms with E-state index in [2.05, 4.69) is 41.4 Å². The Morgan fingerprint density at radius 2 is 0.960 bits per heavy atom. The molecule has 1 heteroatoms. The van der Waals surface area contributed by atoms with E-state index in [9.17, 15) is 0 Å². The molecule has 3 radical (unpaired) electrons. The lowest BCUT2D eigenvalue weighted by Crippen LogP contribution is -2.09. The van der Waals surface area contributed by atoms with Crippen LogP contribution in [0.25, 0.3) is 0 Å². The van der Waals surface area contributed by atoms with Gasteiger partial charge in [0.05, 0.1) is 10.2 Å². The average Bonchev–Trinajstić information content (AvgIpc) is 2.63. The highest BCUT2D eigenvalue weighted by Gasteiger charge is 1.98. The number of hydrogen-bond acceptors (Lipinski definition) is 0. The molecule has 141 valence electrons. The van der Waals surface area contributed by atoms with E-state index < -0.39 is 0 Å². The van der Waals surface area contributed by atoms with Crippen LogP contribution in [0.4, 0.5) is 0 Å². The van der Waals surface area contributed by atoms with E-state index in [0.29, 0.717) is 0 Å². The predicted molar refractivity (Wildman–Crippen MR) is 115 cm³/mol. The molecule has 0 N–H and O–H groups in total. The first kappa shape index (κ1) is 22.5. The van der Waals surface area contributed by atoms with Crippen LogP contribution in [-0.2, 0) is 6.42 Å². The lowest BCUT2D eigenvalue weighted by Gasteiger charge is -2.05. The summed E-state index contributed by atoms with van der Waals surface area (Å²) in [6.45, 7) is 2.30. The zero-order chi connectivity index (χ0) is 18.0. The smallest absolute Gasteiger partial charge is 0.0654 e. The Kier molecular flexibility index (Phi) is 15.2. The monoisotopic (exact) mass is 357 g/mol. The summed E-state index contributed by atoms with van der Waals surface area (Å²) in [6, 6.07) is 8.64. The molecule has 1 aromatic carbocycles. The van der Waals surface area contributed by atoms with Crippen LogP contribution in [0.15, 0.2) is 24.3 Å². The first-order chi connectivity index (χ1) is 12.3. The molecule has 0 heterocycles. The molecule has 0 atom stereocenters. The van der Waals surface area contributed by atoms with Crippen molar-refractivity contribution >= 4 is 15.4 Å². The molecule has 0 aromatic heterocycles. The Morgan fingerprint density at radius 1 is 0.560 bits per heavy atom. The number of hydrogen-bond donors (Lipinski definition) is 0. The van der Waals surface area contributed by atoms with Crippen molar-refractivity contribution in [1.29, 1.82) is 0 Å². The lowest BCUT2D eigenvalue weighted by atomic mass is 10.0. The van der Waals surface area contributed by atoms with Gasteiger partial charge in [0.15, 0.2) is 0 Å². The van der Waals surface area contributed by atoms with Crippen molar-refractivity contribution in [2.75, 3.05) is 0 Å². The van der Waals surface area contributed by atoms with Gasteiger partial charge in [-0.1, -0.05) is 133 Å². The topological polar surface area (TPSA) is 0 Å². The number of aryl methyl sites for hydroxylation is 1. The molecule has 25 heavy (non-hydrogen) atoms. The van der Waals surface area contributed by atoms with Crippen molar-refractivity contribution in [2.24, 2.45) is 0 Å². The molecule has 0 saturated heterocycles. The summed E-state index contributed by atoms with van der Waals surface area (Å²) >= 11 is 0. The fourth-order valence-corrected chi connectivity index (χ4v) is 3.91. The van der Waals surface area contributed by atoms with E-state index in [4.69, 9.17) is 0 Å². The summed E-state index contributed by atoms with van der Waals surface area (Å²) in [5.41, 5.74) is 1.46. The summed E-state index contributed by atoms with van der Waals surface area (Å²) in [7, 11) is 3.70. The van der Waals surface area contributed by atoms with Crippen LogP contribution >= 0.6 is 0 Å². The molecule has 0 aliphatic rings. The van der Waals surface area contributed by atoms with Gasteiger partial charge in [-0.2, -0.15) is 0 Å². The minimum Gasteiger partial charge on any atom is -0.0654 e. The quantitative estimate of drug-likeness (QED) is 0.203. The Hall–Kier alpha value is -0.563. The molecule has 0 fully saturated rings. The van der Waals surface area contributed by atoms with Gasteiger partial charge in [-0.05, 0) is 18.4 Å². The van der Waals surface area contributed by atoms with Crippen molar-refractivity contribution in [2.45, 2.75) is 116 Å². The van der Waals surface area contributed by atoms with Crippen LogP contribution in [0.1, 0.15) is 115 Å².